The van der Waals surface area contributed by atoms with Crippen molar-refractivity contribution in [3.05, 3.63) is 30.3 Å². The maximum atomic E-state index is 2.35. The van der Waals surface area contributed by atoms with Gasteiger partial charge in [-0.2, -0.15) is 0 Å². The standard InChI is InChI=1S/C15H25N/c1-3-4-5-6-7-11-14-16(2)15-12-9-8-10-13-15/h8-10,12-13H,3-7,11,14H2,1-2H3. The van der Waals surface area contributed by atoms with Crippen molar-refractivity contribution < 1.29 is 0 Å². The third kappa shape index (κ3) is 5.20. The Hall–Kier alpha value is -0.980. The molecule has 90 valence electrons. The van der Waals surface area contributed by atoms with Crippen LogP contribution in [0.4, 0.5) is 5.69 Å². The molecule has 0 amide bonds. The van der Waals surface area contributed by atoms with Gasteiger partial charge in [0.1, 0.15) is 0 Å². The molecule has 0 radical (unpaired) electrons. The first-order valence-corrected chi connectivity index (χ1v) is 6.60. The molecule has 0 N–H and O–H groups in total. The van der Waals surface area contributed by atoms with Crippen LogP contribution < -0.4 is 4.90 Å². The largest absolute Gasteiger partial charge is 0.375 e. The molecule has 0 aromatic heterocycles. The van der Waals surface area contributed by atoms with Crippen molar-refractivity contribution in [1.29, 1.82) is 0 Å². The molecule has 1 aromatic carbocycles. The van der Waals surface area contributed by atoms with E-state index >= 15 is 0 Å². The highest BCUT2D eigenvalue weighted by Gasteiger charge is 1.98. The molecule has 0 bridgehead atoms. The van der Waals surface area contributed by atoms with E-state index in [2.05, 4.69) is 49.2 Å². The molecule has 1 rings (SSSR count). The molecule has 0 aliphatic rings. The molecule has 0 fully saturated rings. The topological polar surface area (TPSA) is 3.24 Å². The van der Waals surface area contributed by atoms with Gasteiger partial charge >= 0.3 is 0 Å². The lowest BCUT2D eigenvalue weighted by Crippen LogP contribution is -2.18. The van der Waals surface area contributed by atoms with Crippen molar-refractivity contribution in [3.63, 3.8) is 0 Å². The molecule has 0 saturated heterocycles. The highest BCUT2D eigenvalue weighted by Crippen LogP contribution is 2.12. The first-order valence-electron chi connectivity index (χ1n) is 6.60. The zero-order valence-electron chi connectivity index (χ0n) is 10.8. The summed E-state index contributed by atoms with van der Waals surface area (Å²) in [5.74, 6) is 0. The SMILES string of the molecule is CCCCCCCCN(C)c1ccccc1. The average molecular weight is 219 g/mol. The summed E-state index contributed by atoms with van der Waals surface area (Å²) in [7, 11) is 2.18. The number of anilines is 1. The van der Waals surface area contributed by atoms with Crippen molar-refractivity contribution in [2.75, 3.05) is 18.5 Å². The Bertz CT molecular complexity index is 255. The summed E-state index contributed by atoms with van der Waals surface area (Å²) in [6.07, 6.45) is 8.23. The fourth-order valence-corrected chi connectivity index (χ4v) is 1.94. The molecule has 0 heterocycles. The van der Waals surface area contributed by atoms with E-state index in [4.69, 9.17) is 0 Å². The van der Waals surface area contributed by atoms with Crippen LogP contribution in [0.15, 0.2) is 30.3 Å². The fourth-order valence-electron chi connectivity index (χ4n) is 1.94. The van der Waals surface area contributed by atoms with Gasteiger partial charge in [0.25, 0.3) is 0 Å². The minimum atomic E-state index is 1.18. The summed E-state index contributed by atoms with van der Waals surface area (Å²) in [5, 5.41) is 0. The number of rotatable bonds is 8. The van der Waals surface area contributed by atoms with Gasteiger partial charge in [-0.3, -0.25) is 0 Å². The number of hydrogen-bond donors (Lipinski definition) is 0. The first kappa shape index (κ1) is 13.1. The first-order chi connectivity index (χ1) is 7.84. The van der Waals surface area contributed by atoms with E-state index in [0.717, 1.165) is 0 Å². The van der Waals surface area contributed by atoms with E-state index < -0.39 is 0 Å². The maximum absolute atomic E-state index is 2.35. The lowest BCUT2D eigenvalue weighted by atomic mass is 10.1. The zero-order valence-corrected chi connectivity index (χ0v) is 10.8. The third-order valence-electron chi connectivity index (χ3n) is 3.04. The highest BCUT2D eigenvalue weighted by atomic mass is 15.1. The molecule has 1 aromatic rings. The smallest absolute Gasteiger partial charge is 0.0363 e. The molecule has 1 heteroatoms. The van der Waals surface area contributed by atoms with Gasteiger partial charge in [-0.1, -0.05) is 57.2 Å². The Kier molecular flexibility index (Phi) is 6.71. The van der Waals surface area contributed by atoms with Crippen molar-refractivity contribution >= 4 is 5.69 Å². The Balaban J connectivity index is 2.09. The second-order valence-corrected chi connectivity index (χ2v) is 4.52. The van der Waals surface area contributed by atoms with Crippen LogP contribution in [0.2, 0.25) is 0 Å². The summed E-state index contributed by atoms with van der Waals surface area (Å²) in [4.78, 5) is 2.35. The average Bonchev–Trinajstić information content (AvgIpc) is 2.34. The van der Waals surface area contributed by atoms with Gasteiger partial charge in [0.2, 0.25) is 0 Å². The minimum absolute atomic E-state index is 1.18. The number of para-hydroxylation sites is 1. The number of nitrogens with zero attached hydrogens (tertiary/aromatic N) is 1. The number of unbranched alkanes of at least 4 members (excludes halogenated alkanes) is 5. The molecule has 0 saturated carbocycles. The van der Waals surface area contributed by atoms with Gasteiger partial charge in [-0.25, -0.2) is 0 Å². The quantitative estimate of drug-likeness (QED) is 0.582. The van der Waals surface area contributed by atoms with Gasteiger partial charge < -0.3 is 4.90 Å². The fraction of sp³-hybridized carbons (Fsp3) is 0.600. The van der Waals surface area contributed by atoms with Crippen LogP contribution in [0.5, 0.6) is 0 Å². The van der Waals surface area contributed by atoms with E-state index in [-0.39, 0.29) is 0 Å². The van der Waals surface area contributed by atoms with E-state index in [1.54, 1.807) is 0 Å². The molecule has 0 atom stereocenters. The molecular formula is C15H25N. The minimum Gasteiger partial charge on any atom is -0.375 e. The normalized spacial score (nSPS) is 10.4. The lowest BCUT2D eigenvalue weighted by molar-refractivity contribution is 0.606. The predicted molar refractivity (Wildman–Crippen MR) is 73.1 cm³/mol. The van der Waals surface area contributed by atoms with Crippen LogP contribution in [-0.4, -0.2) is 13.6 Å². The third-order valence-corrected chi connectivity index (χ3v) is 3.04. The van der Waals surface area contributed by atoms with E-state index in [0.29, 0.717) is 0 Å². The summed E-state index contributed by atoms with van der Waals surface area (Å²) < 4.78 is 0. The molecular weight excluding hydrogens is 194 g/mol. The van der Waals surface area contributed by atoms with Crippen LogP contribution >= 0.6 is 0 Å². The van der Waals surface area contributed by atoms with Crippen molar-refractivity contribution in [2.45, 2.75) is 45.4 Å². The Morgan fingerprint density at radius 3 is 2.19 bits per heavy atom. The molecule has 16 heavy (non-hydrogen) atoms. The molecule has 0 aliphatic heterocycles. The Morgan fingerprint density at radius 2 is 1.50 bits per heavy atom. The van der Waals surface area contributed by atoms with Gasteiger partial charge in [0.05, 0.1) is 0 Å². The number of benzene rings is 1. The number of hydrogen-bond acceptors (Lipinski definition) is 1. The van der Waals surface area contributed by atoms with Crippen molar-refractivity contribution in [3.8, 4) is 0 Å². The molecule has 0 unspecified atom stereocenters. The van der Waals surface area contributed by atoms with Crippen molar-refractivity contribution in [2.24, 2.45) is 0 Å². The zero-order chi connectivity index (χ0) is 11.6. The monoisotopic (exact) mass is 219 g/mol. The summed E-state index contributed by atoms with van der Waals surface area (Å²) >= 11 is 0. The molecule has 1 nitrogen and oxygen atoms in total. The van der Waals surface area contributed by atoms with Crippen LogP contribution in [0, 0.1) is 0 Å². The van der Waals surface area contributed by atoms with Crippen molar-refractivity contribution in [1.82, 2.24) is 0 Å². The van der Waals surface area contributed by atoms with Crippen LogP contribution in [0.1, 0.15) is 45.4 Å². The van der Waals surface area contributed by atoms with Gasteiger partial charge in [-0.15, -0.1) is 0 Å². The van der Waals surface area contributed by atoms with Crippen LogP contribution in [-0.2, 0) is 0 Å². The highest BCUT2D eigenvalue weighted by molar-refractivity contribution is 5.44. The van der Waals surface area contributed by atoms with Gasteiger partial charge in [0.15, 0.2) is 0 Å². The second-order valence-electron chi connectivity index (χ2n) is 4.52. The van der Waals surface area contributed by atoms with E-state index in [1.807, 2.05) is 0 Å². The summed E-state index contributed by atoms with van der Waals surface area (Å²) in [6, 6.07) is 10.6. The lowest BCUT2D eigenvalue weighted by Gasteiger charge is -2.18. The second kappa shape index (κ2) is 8.20. The summed E-state index contributed by atoms with van der Waals surface area (Å²) in [6.45, 7) is 3.44. The van der Waals surface area contributed by atoms with Crippen LogP contribution in [0.25, 0.3) is 0 Å². The van der Waals surface area contributed by atoms with E-state index in [1.165, 1.54) is 50.8 Å². The maximum Gasteiger partial charge on any atom is 0.0363 e. The Morgan fingerprint density at radius 1 is 0.875 bits per heavy atom. The van der Waals surface area contributed by atoms with Gasteiger partial charge in [0, 0.05) is 19.3 Å². The predicted octanol–water partition coefficient (Wildman–Crippen LogP) is 4.48. The molecule has 0 aliphatic carbocycles. The van der Waals surface area contributed by atoms with Crippen LogP contribution in [0.3, 0.4) is 0 Å². The van der Waals surface area contributed by atoms with E-state index in [9.17, 15) is 0 Å². The Labute approximate surface area is 100 Å². The van der Waals surface area contributed by atoms with Gasteiger partial charge in [-0.05, 0) is 18.6 Å². The molecule has 0 spiro atoms. The summed E-state index contributed by atoms with van der Waals surface area (Å²) in [5.41, 5.74) is 1.33.